The van der Waals surface area contributed by atoms with E-state index in [4.69, 9.17) is 28.9 Å². The Morgan fingerprint density at radius 3 is 2.71 bits per heavy atom. The second-order valence-corrected chi connectivity index (χ2v) is 5.31. The number of benzene rings is 2. The van der Waals surface area contributed by atoms with Gasteiger partial charge in [0.05, 0.1) is 17.3 Å². The van der Waals surface area contributed by atoms with Gasteiger partial charge in [-0.1, -0.05) is 41.4 Å². The van der Waals surface area contributed by atoms with Crippen molar-refractivity contribution in [1.29, 1.82) is 0 Å². The molecule has 0 unspecified atom stereocenters. The molecule has 21 heavy (non-hydrogen) atoms. The fraction of sp³-hybridized carbons (Fsp3) is 0.0714. The number of hydrogen-bond acceptors (Lipinski definition) is 4. The second-order valence-electron chi connectivity index (χ2n) is 4.50. The van der Waals surface area contributed by atoms with E-state index in [1.54, 1.807) is 10.7 Å². The average Bonchev–Trinajstić information content (AvgIpc) is 2.90. The van der Waals surface area contributed by atoms with Crippen molar-refractivity contribution in [2.75, 3.05) is 5.73 Å². The first-order chi connectivity index (χ1) is 10.1. The molecule has 0 aliphatic rings. The minimum absolute atomic E-state index is 0.444. The number of anilines is 1. The number of nitrogen functional groups attached to an aromatic ring is 1. The summed E-state index contributed by atoms with van der Waals surface area (Å²) in [6, 6.07) is 12.9. The van der Waals surface area contributed by atoms with Crippen LogP contribution < -0.4 is 5.73 Å². The van der Waals surface area contributed by atoms with Crippen molar-refractivity contribution < 1.29 is 0 Å². The zero-order valence-electron chi connectivity index (χ0n) is 10.9. The van der Waals surface area contributed by atoms with Gasteiger partial charge in [-0.05, 0) is 40.3 Å². The van der Waals surface area contributed by atoms with E-state index in [2.05, 4.69) is 15.5 Å². The third-order valence-electron chi connectivity index (χ3n) is 3.02. The molecule has 0 saturated heterocycles. The summed E-state index contributed by atoms with van der Waals surface area (Å²) in [5.41, 5.74) is 8.01. The Kier molecular flexibility index (Phi) is 3.77. The first kappa shape index (κ1) is 13.9. The van der Waals surface area contributed by atoms with Crippen molar-refractivity contribution in [3.8, 4) is 11.4 Å². The van der Waals surface area contributed by atoms with Crippen LogP contribution in [0.2, 0.25) is 10.0 Å². The van der Waals surface area contributed by atoms with Crippen LogP contribution in [0.5, 0.6) is 0 Å². The lowest BCUT2D eigenvalue weighted by molar-refractivity contribution is 0.653. The van der Waals surface area contributed by atoms with Crippen LogP contribution in [0.3, 0.4) is 0 Å². The monoisotopic (exact) mass is 319 g/mol. The van der Waals surface area contributed by atoms with Crippen LogP contribution in [0, 0.1) is 0 Å². The van der Waals surface area contributed by atoms with Gasteiger partial charge in [0, 0.05) is 10.6 Å². The van der Waals surface area contributed by atoms with Crippen molar-refractivity contribution in [1.82, 2.24) is 20.2 Å². The van der Waals surface area contributed by atoms with Crippen LogP contribution in [0.15, 0.2) is 42.5 Å². The fourth-order valence-corrected chi connectivity index (χ4v) is 2.46. The molecule has 106 valence electrons. The molecule has 3 aromatic rings. The summed E-state index contributed by atoms with van der Waals surface area (Å²) in [5.74, 6) is 0.562. The van der Waals surface area contributed by atoms with E-state index >= 15 is 0 Å². The summed E-state index contributed by atoms with van der Waals surface area (Å²) in [6.07, 6.45) is 0. The molecule has 7 heteroatoms. The van der Waals surface area contributed by atoms with Gasteiger partial charge in [0.2, 0.25) is 0 Å². The number of tetrazole rings is 1. The molecule has 0 amide bonds. The minimum Gasteiger partial charge on any atom is -0.398 e. The Balaban J connectivity index is 2.00. The Morgan fingerprint density at radius 2 is 1.90 bits per heavy atom. The number of nitrogens with zero attached hydrogens (tertiary/aromatic N) is 4. The topological polar surface area (TPSA) is 69.6 Å². The van der Waals surface area contributed by atoms with Crippen LogP contribution in [0.4, 0.5) is 5.69 Å². The van der Waals surface area contributed by atoms with E-state index in [0.717, 1.165) is 5.56 Å². The number of nitrogens with two attached hydrogens (primary N) is 1. The van der Waals surface area contributed by atoms with Crippen molar-refractivity contribution in [3.63, 3.8) is 0 Å². The quantitative estimate of drug-likeness (QED) is 0.752. The Hall–Kier alpha value is -2.11. The molecule has 0 fully saturated rings. The normalized spacial score (nSPS) is 10.8. The number of hydrogen-bond donors (Lipinski definition) is 1. The molecular weight excluding hydrogens is 309 g/mol. The standard InChI is InChI=1S/C14H11Cl2N5/c15-10-4-1-3-9(7-10)8-21-14(18-19-20-21)11-5-2-6-12(17)13(11)16/h1-7H,8,17H2. The number of halogens is 2. The lowest BCUT2D eigenvalue weighted by Gasteiger charge is -2.08. The van der Waals surface area contributed by atoms with Gasteiger partial charge in [-0.2, -0.15) is 0 Å². The van der Waals surface area contributed by atoms with Gasteiger partial charge in [-0.25, -0.2) is 4.68 Å². The van der Waals surface area contributed by atoms with Crippen LogP contribution in [-0.4, -0.2) is 20.2 Å². The van der Waals surface area contributed by atoms with Gasteiger partial charge in [0.25, 0.3) is 0 Å². The highest BCUT2D eigenvalue weighted by molar-refractivity contribution is 6.35. The van der Waals surface area contributed by atoms with E-state index in [0.29, 0.717) is 33.7 Å². The highest BCUT2D eigenvalue weighted by Gasteiger charge is 2.14. The molecule has 1 aromatic heterocycles. The first-order valence-electron chi connectivity index (χ1n) is 6.20. The Bertz CT molecular complexity index is 785. The van der Waals surface area contributed by atoms with Gasteiger partial charge in [0.15, 0.2) is 5.82 Å². The van der Waals surface area contributed by atoms with E-state index in [-0.39, 0.29) is 0 Å². The highest BCUT2D eigenvalue weighted by Crippen LogP contribution is 2.30. The summed E-state index contributed by atoms with van der Waals surface area (Å²) >= 11 is 12.2. The number of aromatic nitrogens is 4. The maximum atomic E-state index is 6.23. The predicted octanol–water partition coefficient (Wildman–Crippen LogP) is 3.28. The first-order valence-corrected chi connectivity index (χ1v) is 6.95. The number of rotatable bonds is 3. The smallest absolute Gasteiger partial charge is 0.183 e. The van der Waals surface area contributed by atoms with Gasteiger partial charge in [-0.15, -0.1) is 5.10 Å². The third-order valence-corrected chi connectivity index (χ3v) is 3.68. The molecule has 0 aliphatic carbocycles. The van der Waals surface area contributed by atoms with Gasteiger partial charge in [0.1, 0.15) is 0 Å². The highest BCUT2D eigenvalue weighted by atomic mass is 35.5. The molecule has 5 nitrogen and oxygen atoms in total. The Morgan fingerprint density at radius 1 is 1.10 bits per heavy atom. The molecule has 0 spiro atoms. The van der Waals surface area contributed by atoms with E-state index in [9.17, 15) is 0 Å². The second kappa shape index (κ2) is 5.71. The molecule has 2 aromatic carbocycles. The van der Waals surface area contributed by atoms with E-state index in [1.807, 2.05) is 36.4 Å². The third kappa shape index (κ3) is 2.84. The predicted molar refractivity (Wildman–Crippen MR) is 83.2 cm³/mol. The summed E-state index contributed by atoms with van der Waals surface area (Å²) in [5, 5.41) is 12.9. The van der Waals surface area contributed by atoms with Crippen molar-refractivity contribution >= 4 is 28.9 Å². The van der Waals surface area contributed by atoms with Crippen LogP contribution in [0.25, 0.3) is 11.4 Å². The summed E-state index contributed by atoms with van der Waals surface area (Å²) in [4.78, 5) is 0. The van der Waals surface area contributed by atoms with Crippen molar-refractivity contribution in [3.05, 3.63) is 58.1 Å². The maximum Gasteiger partial charge on any atom is 0.183 e. The molecular formula is C14H11Cl2N5. The molecule has 0 aliphatic heterocycles. The zero-order valence-corrected chi connectivity index (χ0v) is 12.4. The van der Waals surface area contributed by atoms with Crippen molar-refractivity contribution in [2.45, 2.75) is 6.54 Å². The summed E-state index contributed by atoms with van der Waals surface area (Å²) in [7, 11) is 0. The van der Waals surface area contributed by atoms with E-state index < -0.39 is 0 Å². The molecule has 2 N–H and O–H groups in total. The zero-order chi connectivity index (χ0) is 14.8. The fourth-order valence-electron chi connectivity index (χ4n) is 2.03. The average molecular weight is 320 g/mol. The molecule has 3 rings (SSSR count). The minimum atomic E-state index is 0.444. The summed E-state index contributed by atoms with van der Waals surface area (Å²) < 4.78 is 1.66. The van der Waals surface area contributed by atoms with Crippen molar-refractivity contribution in [2.24, 2.45) is 0 Å². The largest absolute Gasteiger partial charge is 0.398 e. The molecule has 0 radical (unpaired) electrons. The molecule has 0 bridgehead atoms. The SMILES string of the molecule is Nc1cccc(-c2nnnn2Cc2cccc(Cl)c2)c1Cl. The maximum absolute atomic E-state index is 6.23. The molecule has 0 saturated carbocycles. The van der Waals surface area contributed by atoms with Gasteiger partial charge in [-0.3, -0.25) is 0 Å². The van der Waals surface area contributed by atoms with Crippen LogP contribution in [0.1, 0.15) is 5.56 Å². The van der Waals surface area contributed by atoms with Crippen LogP contribution >= 0.6 is 23.2 Å². The van der Waals surface area contributed by atoms with Crippen LogP contribution in [-0.2, 0) is 6.54 Å². The summed E-state index contributed by atoms with van der Waals surface area (Å²) in [6.45, 7) is 0.494. The molecule has 0 atom stereocenters. The lowest BCUT2D eigenvalue weighted by Crippen LogP contribution is -2.05. The Labute approximate surface area is 131 Å². The van der Waals surface area contributed by atoms with E-state index in [1.165, 1.54) is 0 Å². The van der Waals surface area contributed by atoms with Gasteiger partial charge < -0.3 is 5.73 Å². The van der Waals surface area contributed by atoms with Gasteiger partial charge >= 0.3 is 0 Å². The lowest BCUT2D eigenvalue weighted by atomic mass is 10.1. The molecule has 1 heterocycles.